The molecule has 1 aliphatic rings. The van der Waals surface area contributed by atoms with Gasteiger partial charge < -0.3 is 10.1 Å². The van der Waals surface area contributed by atoms with Gasteiger partial charge in [-0.1, -0.05) is 20.8 Å². The number of pyridine rings is 1. The Morgan fingerprint density at radius 3 is 2.86 bits per heavy atom. The molecule has 2 rings (SSSR count). The predicted octanol–water partition coefficient (Wildman–Crippen LogP) is 4.35. The van der Waals surface area contributed by atoms with Crippen molar-refractivity contribution < 1.29 is 4.74 Å². The van der Waals surface area contributed by atoms with E-state index in [1.54, 1.807) is 0 Å². The fourth-order valence-electron chi connectivity index (χ4n) is 3.01. The second-order valence-corrected chi connectivity index (χ2v) is 6.61. The fourth-order valence-corrected chi connectivity index (χ4v) is 3.01. The van der Waals surface area contributed by atoms with Crippen molar-refractivity contribution in [1.29, 1.82) is 0 Å². The summed E-state index contributed by atoms with van der Waals surface area (Å²) in [5, 5.41) is 3.51. The summed E-state index contributed by atoms with van der Waals surface area (Å²) in [4.78, 5) is 4.39. The Labute approximate surface area is 129 Å². The molecule has 3 heteroatoms. The van der Waals surface area contributed by atoms with Crippen molar-refractivity contribution >= 4 is 0 Å². The van der Waals surface area contributed by atoms with Gasteiger partial charge in [0.25, 0.3) is 0 Å². The van der Waals surface area contributed by atoms with Gasteiger partial charge in [0.05, 0.1) is 0 Å². The molecule has 118 valence electrons. The fraction of sp³-hybridized carbons (Fsp3) is 0.722. The van der Waals surface area contributed by atoms with E-state index in [4.69, 9.17) is 4.74 Å². The first-order valence-corrected chi connectivity index (χ1v) is 8.46. The topological polar surface area (TPSA) is 34.2 Å². The van der Waals surface area contributed by atoms with Crippen molar-refractivity contribution in [2.75, 3.05) is 6.54 Å². The lowest BCUT2D eigenvalue weighted by Gasteiger charge is -2.32. The summed E-state index contributed by atoms with van der Waals surface area (Å²) in [6, 6.07) is 4.52. The van der Waals surface area contributed by atoms with Crippen LogP contribution in [0, 0.1) is 11.8 Å². The normalized spacial score (nSPS) is 27.3. The van der Waals surface area contributed by atoms with Crippen LogP contribution in [0.25, 0.3) is 0 Å². The molecule has 0 radical (unpaired) electrons. The first-order valence-electron chi connectivity index (χ1n) is 8.46. The highest BCUT2D eigenvalue weighted by Gasteiger charge is 2.26. The Hall–Kier alpha value is -1.09. The Morgan fingerprint density at radius 2 is 2.14 bits per heavy atom. The number of aromatic nitrogens is 1. The predicted molar refractivity (Wildman–Crippen MR) is 87.5 cm³/mol. The number of nitrogens with zero attached hydrogens (tertiary/aromatic N) is 1. The van der Waals surface area contributed by atoms with E-state index in [1.165, 1.54) is 12.0 Å². The molecule has 0 spiro atoms. The summed E-state index contributed by atoms with van der Waals surface area (Å²) in [7, 11) is 0. The van der Waals surface area contributed by atoms with E-state index in [9.17, 15) is 0 Å². The molecular weight excluding hydrogens is 260 g/mol. The van der Waals surface area contributed by atoms with Gasteiger partial charge in [-0.15, -0.1) is 0 Å². The average molecular weight is 290 g/mol. The lowest BCUT2D eigenvalue weighted by molar-refractivity contribution is 0.0963. The van der Waals surface area contributed by atoms with Gasteiger partial charge in [0, 0.05) is 18.3 Å². The number of rotatable bonds is 6. The second kappa shape index (κ2) is 7.79. The second-order valence-electron chi connectivity index (χ2n) is 6.61. The van der Waals surface area contributed by atoms with Crippen molar-refractivity contribution in [3.63, 3.8) is 0 Å². The minimum atomic E-state index is 0.331. The van der Waals surface area contributed by atoms with Crippen molar-refractivity contribution in [3.8, 4) is 5.88 Å². The third-order valence-corrected chi connectivity index (χ3v) is 4.80. The zero-order chi connectivity index (χ0) is 15.2. The van der Waals surface area contributed by atoms with Crippen LogP contribution in [0.15, 0.2) is 18.3 Å². The third kappa shape index (κ3) is 4.70. The van der Waals surface area contributed by atoms with Crippen LogP contribution in [0.5, 0.6) is 5.88 Å². The van der Waals surface area contributed by atoms with Crippen molar-refractivity contribution in [1.82, 2.24) is 10.3 Å². The molecule has 1 aliphatic carbocycles. The molecule has 3 nitrogen and oxygen atoms in total. The molecule has 1 fully saturated rings. The van der Waals surface area contributed by atoms with E-state index in [2.05, 4.69) is 50.1 Å². The summed E-state index contributed by atoms with van der Waals surface area (Å²) < 4.78 is 6.13. The Morgan fingerprint density at radius 1 is 1.33 bits per heavy atom. The summed E-state index contributed by atoms with van der Waals surface area (Å²) in [5.74, 6) is 2.35. The minimum absolute atomic E-state index is 0.331. The highest BCUT2D eigenvalue weighted by atomic mass is 16.5. The van der Waals surface area contributed by atoms with Crippen LogP contribution in [-0.2, 0) is 0 Å². The molecule has 4 atom stereocenters. The number of hydrogen-bond donors (Lipinski definition) is 1. The van der Waals surface area contributed by atoms with Gasteiger partial charge in [0.2, 0.25) is 5.88 Å². The van der Waals surface area contributed by atoms with Gasteiger partial charge >= 0.3 is 0 Å². The largest absolute Gasteiger partial charge is 0.474 e. The summed E-state index contributed by atoms with van der Waals surface area (Å²) in [6.07, 6.45) is 6.91. The van der Waals surface area contributed by atoms with Crippen molar-refractivity contribution in [2.24, 2.45) is 11.8 Å². The highest BCUT2D eigenvalue weighted by Crippen LogP contribution is 2.31. The van der Waals surface area contributed by atoms with Crippen molar-refractivity contribution in [3.05, 3.63) is 23.9 Å². The standard InChI is InChI=1S/C18H30N2O/c1-5-9-19-15(4)16-8-10-20-18(12-16)21-17-7-6-13(2)14(3)11-17/h8,10,12-15,17,19H,5-7,9,11H2,1-4H3. The van der Waals surface area contributed by atoms with Crippen LogP contribution in [0.2, 0.25) is 0 Å². The van der Waals surface area contributed by atoms with Crippen LogP contribution >= 0.6 is 0 Å². The minimum Gasteiger partial charge on any atom is -0.474 e. The van der Waals surface area contributed by atoms with Crippen LogP contribution in [0.4, 0.5) is 0 Å². The molecule has 1 saturated carbocycles. The van der Waals surface area contributed by atoms with Crippen molar-refractivity contribution in [2.45, 2.75) is 65.5 Å². The quantitative estimate of drug-likeness (QED) is 0.846. The lowest BCUT2D eigenvalue weighted by atomic mass is 9.80. The third-order valence-electron chi connectivity index (χ3n) is 4.80. The maximum absolute atomic E-state index is 6.13. The van der Waals surface area contributed by atoms with Gasteiger partial charge in [0.15, 0.2) is 0 Å². The van der Waals surface area contributed by atoms with Crippen LogP contribution in [0.1, 0.15) is 65.0 Å². The molecule has 0 saturated heterocycles. The van der Waals surface area contributed by atoms with E-state index >= 15 is 0 Å². The van der Waals surface area contributed by atoms with Gasteiger partial charge in [-0.05, 0) is 62.6 Å². The molecule has 0 amide bonds. The number of nitrogens with one attached hydrogen (secondary N) is 1. The zero-order valence-corrected chi connectivity index (χ0v) is 13.9. The monoisotopic (exact) mass is 290 g/mol. The molecule has 1 heterocycles. The first-order chi connectivity index (χ1) is 10.1. The Kier molecular flexibility index (Phi) is 6.04. The van der Waals surface area contributed by atoms with E-state index in [1.807, 2.05) is 6.20 Å². The van der Waals surface area contributed by atoms with Gasteiger partial charge in [-0.25, -0.2) is 4.98 Å². The van der Waals surface area contributed by atoms with Gasteiger partial charge in [-0.2, -0.15) is 0 Å². The number of hydrogen-bond acceptors (Lipinski definition) is 3. The SMILES string of the molecule is CCCNC(C)c1ccnc(OC2CCC(C)C(C)C2)c1. The molecule has 1 N–H and O–H groups in total. The summed E-state index contributed by atoms with van der Waals surface area (Å²) in [5.41, 5.74) is 1.26. The van der Waals surface area contributed by atoms with Crippen LogP contribution in [-0.4, -0.2) is 17.6 Å². The first kappa shape index (κ1) is 16.3. The smallest absolute Gasteiger partial charge is 0.213 e. The van der Waals surface area contributed by atoms with E-state index in [0.29, 0.717) is 12.1 Å². The van der Waals surface area contributed by atoms with E-state index < -0.39 is 0 Å². The molecule has 4 unspecified atom stereocenters. The molecule has 0 aromatic carbocycles. The highest BCUT2D eigenvalue weighted by molar-refractivity contribution is 5.23. The maximum atomic E-state index is 6.13. The summed E-state index contributed by atoms with van der Waals surface area (Å²) >= 11 is 0. The molecule has 0 aliphatic heterocycles. The maximum Gasteiger partial charge on any atom is 0.213 e. The molecule has 21 heavy (non-hydrogen) atoms. The van der Waals surface area contributed by atoms with E-state index in [-0.39, 0.29) is 0 Å². The van der Waals surface area contributed by atoms with Gasteiger partial charge in [-0.3, -0.25) is 0 Å². The molecular formula is C18H30N2O. The average Bonchev–Trinajstić information content (AvgIpc) is 2.49. The molecule has 1 aromatic rings. The molecule has 1 aromatic heterocycles. The van der Waals surface area contributed by atoms with Crippen LogP contribution in [0.3, 0.4) is 0 Å². The zero-order valence-electron chi connectivity index (χ0n) is 13.9. The van der Waals surface area contributed by atoms with Gasteiger partial charge in [0.1, 0.15) is 6.10 Å². The summed E-state index contributed by atoms with van der Waals surface area (Å²) in [6.45, 7) is 10.1. The molecule has 0 bridgehead atoms. The number of ether oxygens (including phenoxy) is 1. The Balaban J connectivity index is 1.94. The van der Waals surface area contributed by atoms with E-state index in [0.717, 1.165) is 43.5 Å². The Bertz CT molecular complexity index is 435. The van der Waals surface area contributed by atoms with Crippen LogP contribution < -0.4 is 10.1 Å². The lowest BCUT2D eigenvalue weighted by Crippen LogP contribution is -2.29.